The smallest absolute Gasteiger partial charge is 0.248 e. The SMILES string of the molecule is COc1ccc(NC(=O)/C=C/c2csc(C)n2)cc1NC(C)=O. The van der Waals surface area contributed by atoms with E-state index in [0.717, 1.165) is 10.7 Å². The molecule has 0 bridgehead atoms. The number of benzene rings is 1. The molecule has 6 nitrogen and oxygen atoms in total. The van der Waals surface area contributed by atoms with Gasteiger partial charge in [-0.25, -0.2) is 4.98 Å². The molecule has 1 heterocycles. The average Bonchev–Trinajstić information content (AvgIpc) is 2.90. The topological polar surface area (TPSA) is 80.3 Å². The van der Waals surface area contributed by atoms with E-state index in [1.165, 1.54) is 31.4 Å². The minimum absolute atomic E-state index is 0.217. The Hall–Kier alpha value is -2.67. The van der Waals surface area contributed by atoms with Crippen molar-refractivity contribution in [1.29, 1.82) is 0 Å². The number of ether oxygens (including phenoxy) is 1. The second-order valence-electron chi connectivity index (χ2n) is 4.71. The van der Waals surface area contributed by atoms with Crippen LogP contribution in [0.1, 0.15) is 17.6 Å². The summed E-state index contributed by atoms with van der Waals surface area (Å²) >= 11 is 1.52. The summed E-state index contributed by atoms with van der Waals surface area (Å²) < 4.78 is 5.17. The number of nitrogens with one attached hydrogen (secondary N) is 2. The standard InChI is InChI=1S/C16H17N3O3S/c1-10(20)17-14-8-12(4-6-15(14)22-3)19-16(21)7-5-13-9-23-11(2)18-13/h4-9H,1-3H3,(H,17,20)(H,19,21)/b7-5+. The van der Waals surface area contributed by atoms with Gasteiger partial charge in [0.25, 0.3) is 0 Å². The number of methoxy groups -OCH3 is 1. The molecule has 7 heteroatoms. The molecule has 0 aliphatic rings. The molecule has 1 aromatic heterocycles. The molecule has 0 atom stereocenters. The fourth-order valence-corrected chi connectivity index (χ4v) is 2.46. The molecular weight excluding hydrogens is 314 g/mol. The molecule has 0 saturated carbocycles. The van der Waals surface area contributed by atoms with Crippen molar-refractivity contribution in [3.63, 3.8) is 0 Å². The van der Waals surface area contributed by atoms with E-state index in [4.69, 9.17) is 4.74 Å². The molecule has 23 heavy (non-hydrogen) atoms. The zero-order valence-corrected chi connectivity index (χ0v) is 13.9. The summed E-state index contributed by atoms with van der Waals surface area (Å²) in [6.45, 7) is 3.31. The Balaban J connectivity index is 2.08. The van der Waals surface area contributed by atoms with E-state index in [1.807, 2.05) is 12.3 Å². The van der Waals surface area contributed by atoms with Crippen LogP contribution < -0.4 is 15.4 Å². The van der Waals surface area contributed by atoms with Crippen LogP contribution in [0.25, 0.3) is 6.08 Å². The first-order chi connectivity index (χ1) is 11.0. The minimum atomic E-state index is -0.283. The van der Waals surface area contributed by atoms with Crippen LogP contribution in [-0.2, 0) is 9.59 Å². The van der Waals surface area contributed by atoms with Crippen LogP contribution in [0.5, 0.6) is 5.75 Å². The quantitative estimate of drug-likeness (QED) is 0.825. The number of rotatable bonds is 5. The van der Waals surface area contributed by atoms with Gasteiger partial charge in [0.05, 0.1) is 23.5 Å². The second-order valence-corrected chi connectivity index (χ2v) is 5.77. The van der Waals surface area contributed by atoms with Crippen molar-refractivity contribution in [2.75, 3.05) is 17.7 Å². The minimum Gasteiger partial charge on any atom is -0.495 e. The molecular formula is C16H17N3O3S. The van der Waals surface area contributed by atoms with Crippen LogP contribution in [0.4, 0.5) is 11.4 Å². The van der Waals surface area contributed by atoms with Crippen molar-refractivity contribution in [3.05, 3.63) is 40.4 Å². The number of aryl methyl sites for hydroxylation is 1. The number of amides is 2. The van der Waals surface area contributed by atoms with E-state index in [9.17, 15) is 9.59 Å². The maximum Gasteiger partial charge on any atom is 0.248 e. The molecule has 0 spiro atoms. The normalized spacial score (nSPS) is 10.6. The van der Waals surface area contributed by atoms with Crippen molar-refractivity contribution in [3.8, 4) is 5.75 Å². The van der Waals surface area contributed by atoms with E-state index < -0.39 is 0 Å². The number of hydrogen-bond acceptors (Lipinski definition) is 5. The van der Waals surface area contributed by atoms with Gasteiger partial charge in [-0.1, -0.05) is 0 Å². The Morgan fingerprint density at radius 1 is 1.30 bits per heavy atom. The Bertz CT molecular complexity index is 753. The van der Waals surface area contributed by atoms with Crippen molar-refractivity contribution in [1.82, 2.24) is 4.98 Å². The van der Waals surface area contributed by atoms with Crippen molar-refractivity contribution in [2.45, 2.75) is 13.8 Å². The lowest BCUT2D eigenvalue weighted by atomic mass is 10.2. The zero-order chi connectivity index (χ0) is 16.8. The molecule has 2 amide bonds. The molecule has 2 N–H and O–H groups in total. The third-order valence-electron chi connectivity index (χ3n) is 2.82. The monoisotopic (exact) mass is 331 g/mol. The number of thiazole rings is 1. The van der Waals surface area contributed by atoms with Gasteiger partial charge < -0.3 is 15.4 Å². The number of carbonyl (C=O) groups excluding carboxylic acids is 2. The highest BCUT2D eigenvalue weighted by molar-refractivity contribution is 7.09. The Labute approximate surface area is 138 Å². The van der Waals surface area contributed by atoms with Gasteiger partial charge in [-0.05, 0) is 31.2 Å². The van der Waals surface area contributed by atoms with Crippen molar-refractivity contribution in [2.24, 2.45) is 0 Å². The van der Waals surface area contributed by atoms with E-state index in [0.29, 0.717) is 17.1 Å². The number of nitrogens with zero attached hydrogens (tertiary/aromatic N) is 1. The molecule has 2 rings (SSSR count). The fourth-order valence-electron chi connectivity index (χ4n) is 1.87. The predicted octanol–water partition coefficient (Wildman–Crippen LogP) is 3.07. The van der Waals surface area contributed by atoms with Crippen LogP contribution in [0.15, 0.2) is 29.7 Å². The molecule has 0 fully saturated rings. The molecule has 1 aromatic carbocycles. The summed E-state index contributed by atoms with van der Waals surface area (Å²) in [6, 6.07) is 5.01. The largest absolute Gasteiger partial charge is 0.495 e. The van der Waals surface area contributed by atoms with Crippen LogP contribution in [0.2, 0.25) is 0 Å². The number of aromatic nitrogens is 1. The van der Waals surface area contributed by atoms with E-state index in [2.05, 4.69) is 15.6 Å². The van der Waals surface area contributed by atoms with Crippen LogP contribution in [0, 0.1) is 6.92 Å². The molecule has 0 aliphatic heterocycles. The zero-order valence-electron chi connectivity index (χ0n) is 13.0. The third kappa shape index (κ3) is 4.93. The summed E-state index contributed by atoms with van der Waals surface area (Å²) in [5, 5.41) is 8.20. The van der Waals surface area contributed by atoms with Gasteiger partial charge in [-0.2, -0.15) is 0 Å². The molecule has 0 saturated heterocycles. The van der Waals surface area contributed by atoms with E-state index in [-0.39, 0.29) is 11.8 Å². The van der Waals surface area contributed by atoms with Gasteiger partial charge in [-0.3, -0.25) is 9.59 Å². The number of carbonyl (C=O) groups is 2. The van der Waals surface area contributed by atoms with Crippen LogP contribution in [0.3, 0.4) is 0 Å². The summed E-state index contributed by atoms with van der Waals surface area (Å²) in [5.74, 6) is 0.0202. The number of hydrogen-bond donors (Lipinski definition) is 2. The third-order valence-corrected chi connectivity index (χ3v) is 3.61. The lowest BCUT2D eigenvalue weighted by Gasteiger charge is -2.11. The van der Waals surface area contributed by atoms with Gasteiger partial charge in [0.1, 0.15) is 5.75 Å². The molecule has 120 valence electrons. The highest BCUT2D eigenvalue weighted by atomic mass is 32.1. The summed E-state index contributed by atoms with van der Waals surface area (Å²) in [7, 11) is 1.51. The van der Waals surface area contributed by atoms with Crippen LogP contribution >= 0.6 is 11.3 Å². The molecule has 0 aliphatic carbocycles. The first-order valence-electron chi connectivity index (χ1n) is 6.85. The van der Waals surface area contributed by atoms with Crippen molar-refractivity contribution < 1.29 is 14.3 Å². The maximum absolute atomic E-state index is 11.9. The first kappa shape index (κ1) is 16.7. The summed E-state index contributed by atoms with van der Waals surface area (Å²) in [6.07, 6.45) is 3.06. The summed E-state index contributed by atoms with van der Waals surface area (Å²) in [5.41, 5.74) is 1.80. The molecule has 0 radical (unpaired) electrons. The lowest BCUT2D eigenvalue weighted by Crippen LogP contribution is -2.10. The first-order valence-corrected chi connectivity index (χ1v) is 7.72. The average molecular weight is 331 g/mol. The second kappa shape index (κ2) is 7.55. The predicted molar refractivity (Wildman–Crippen MR) is 91.8 cm³/mol. The van der Waals surface area contributed by atoms with Gasteiger partial charge >= 0.3 is 0 Å². The Morgan fingerprint density at radius 3 is 2.70 bits per heavy atom. The van der Waals surface area contributed by atoms with E-state index >= 15 is 0 Å². The van der Waals surface area contributed by atoms with Crippen molar-refractivity contribution >= 4 is 40.6 Å². The summed E-state index contributed by atoms with van der Waals surface area (Å²) in [4.78, 5) is 27.4. The molecule has 2 aromatic rings. The van der Waals surface area contributed by atoms with Gasteiger partial charge in [-0.15, -0.1) is 11.3 Å². The van der Waals surface area contributed by atoms with Gasteiger partial charge in [0.15, 0.2) is 0 Å². The highest BCUT2D eigenvalue weighted by Gasteiger charge is 2.07. The highest BCUT2D eigenvalue weighted by Crippen LogP contribution is 2.27. The number of anilines is 2. The Kier molecular flexibility index (Phi) is 5.48. The molecule has 0 unspecified atom stereocenters. The van der Waals surface area contributed by atoms with Crippen LogP contribution in [-0.4, -0.2) is 23.9 Å². The maximum atomic E-state index is 11.9. The fraction of sp³-hybridized carbons (Fsp3) is 0.188. The Morgan fingerprint density at radius 2 is 2.09 bits per heavy atom. The van der Waals surface area contributed by atoms with E-state index in [1.54, 1.807) is 24.3 Å². The van der Waals surface area contributed by atoms with Gasteiger partial charge in [0.2, 0.25) is 11.8 Å². The lowest BCUT2D eigenvalue weighted by molar-refractivity contribution is -0.114. The van der Waals surface area contributed by atoms with Gasteiger partial charge in [0, 0.05) is 24.1 Å².